The van der Waals surface area contributed by atoms with Crippen molar-refractivity contribution in [1.29, 1.82) is 0 Å². The number of alkyl halides is 4. The van der Waals surface area contributed by atoms with Crippen LogP contribution in [0.3, 0.4) is 0 Å². The highest BCUT2D eigenvalue weighted by Crippen LogP contribution is 2.42. The summed E-state index contributed by atoms with van der Waals surface area (Å²) in [5.74, 6) is -1.99. The highest BCUT2D eigenvalue weighted by Gasteiger charge is 2.52. The number of rotatable bonds is 7. The molecule has 1 saturated heterocycles. The monoisotopic (exact) mass is 474 g/mol. The summed E-state index contributed by atoms with van der Waals surface area (Å²) in [4.78, 5) is 16.7. The third kappa shape index (κ3) is 4.93. The van der Waals surface area contributed by atoms with E-state index in [1.54, 1.807) is 30.3 Å². The van der Waals surface area contributed by atoms with E-state index in [2.05, 4.69) is 4.98 Å². The minimum atomic E-state index is -3.85. The number of pyridine rings is 1. The number of aromatic nitrogens is 1. The average molecular weight is 474 g/mol. The SMILES string of the molecule is CC1(C)O[C@H](c2ccc(-c3ccc(CS(=O)(=O)CF)nc3)cc2)[C@@H](CF)N1C(=O)C(F)F. The van der Waals surface area contributed by atoms with Gasteiger partial charge in [0.1, 0.15) is 18.5 Å². The second kappa shape index (κ2) is 9.14. The molecule has 32 heavy (non-hydrogen) atoms. The molecule has 2 heterocycles. The Bertz CT molecular complexity index is 1060. The van der Waals surface area contributed by atoms with E-state index in [1.165, 1.54) is 26.1 Å². The summed E-state index contributed by atoms with van der Waals surface area (Å²) in [5.41, 5.74) is 0.664. The van der Waals surface area contributed by atoms with E-state index in [0.717, 1.165) is 4.90 Å². The molecule has 0 aliphatic carbocycles. The Morgan fingerprint density at radius 1 is 1.12 bits per heavy atom. The van der Waals surface area contributed by atoms with Crippen molar-refractivity contribution in [2.45, 2.75) is 43.9 Å². The van der Waals surface area contributed by atoms with Crippen LogP contribution in [-0.4, -0.2) is 55.1 Å². The Morgan fingerprint density at radius 3 is 2.25 bits per heavy atom. The summed E-state index contributed by atoms with van der Waals surface area (Å²) in [7, 11) is -3.85. The zero-order valence-corrected chi connectivity index (χ0v) is 18.2. The first-order chi connectivity index (χ1) is 15.0. The average Bonchev–Trinajstić information content (AvgIpc) is 3.03. The van der Waals surface area contributed by atoms with Gasteiger partial charge in [0.05, 0.1) is 17.5 Å². The maximum Gasteiger partial charge on any atom is 0.315 e. The molecule has 0 unspecified atom stereocenters. The van der Waals surface area contributed by atoms with Crippen LogP contribution in [0.25, 0.3) is 11.1 Å². The van der Waals surface area contributed by atoms with Crippen LogP contribution in [-0.2, 0) is 25.1 Å². The van der Waals surface area contributed by atoms with E-state index < -0.39 is 58.5 Å². The lowest BCUT2D eigenvalue weighted by atomic mass is 9.99. The van der Waals surface area contributed by atoms with Crippen LogP contribution < -0.4 is 0 Å². The molecule has 2 atom stereocenters. The number of carbonyl (C=O) groups excluding carboxylic acids is 1. The van der Waals surface area contributed by atoms with Crippen molar-refractivity contribution in [1.82, 2.24) is 9.88 Å². The molecule has 0 spiro atoms. The zero-order valence-electron chi connectivity index (χ0n) is 17.3. The maximum absolute atomic E-state index is 13.8. The predicted octanol–water partition coefficient (Wildman–Crippen LogP) is 3.83. The van der Waals surface area contributed by atoms with Crippen molar-refractivity contribution in [3.05, 3.63) is 53.9 Å². The number of hydrogen-bond acceptors (Lipinski definition) is 5. The summed E-state index contributed by atoms with van der Waals surface area (Å²) in [5, 5.41) is 0. The van der Waals surface area contributed by atoms with E-state index in [-0.39, 0.29) is 5.69 Å². The molecule has 11 heteroatoms. The summed E-state index contributed by atoms with van der Waals surface area (Å²) >= 11 is 0. The number of carbonyl (C=O) groups is 1. The molecular formula is C21H22F4N2O4S. The number of amides is 1. The number of benzene rings is 1. The van der Waals surface area contributed by atoms with Crippen LogP contribution in [0.1, 0.15) is 31.2 Å². The number of hydrogen-bond donors (Lipinski definition) is 0. The van der Waals surface area contributed by atoms with Crippen molar-refractivity contribution >= 4 is 15.7 Å². The van der Waals surface area contributed by atoms with E-state index in [4.69, 9.17) is 4.74 Å². The lowest BCUT2D eigenvalue weighted by Gasteiger charge is -2.32. The summed E-state index contributed by atoms with van der Waals surface area (Å²) in [6, 6.07) is 7.10. The van der Waals surface area contributed by atoms with Crippen molar-refractivity contribution in [3.8, 4) is 11.1 Å². The fraction of sp³-hybridized carbons (Fsp3) is 0.429. The van der Waals surface area contributed by atoms with Gasteiger partial charge in [-0.25, -0.2) is 17.2 Å². The van der Waals surface area contributed by atoms with Crippen molar-refractivity contribution in [3.63, 3.8) is 0 Å². The zero-order chi connectivity index (χ0) is 23.7. The van der Waals surface area contributed by atoms with Crippen LogP contribution in [0.5, 0.6) is 0 Å². The molecule has 0 saturated carbocycles. The minimum absolute atomic E-state index is 0.208. The van der Waals surface area contributed by atoms with Crippen LogP contribution in [0.15, 0.2) is 42.6 Å². The van der Waals surface area contributed by atoms with Gasteiger partial charge < -0.3 is 9.64 Å². The van der Waals surface area contributed by atoms with E-state index in [0.29, 0.717) is 16.7 Å². The summed E-state index contributed by atoms with van der Waals surface area (Å²) < 4.78 is 80.8. The van der Waals surface area contributed by atoms with Gasteiger partial charge in [-0.15, -0.1) is 0 Å². The molecule has 0 radical (unpaired) electrons. The second-order valence-electron chi connectivity index (χ2n) is 7.87. The third-order valence-electron chi connectivity index (χ3n) is 5.19. The largest absolute Gasteiger partial charge is 0.346 e. The van der Waals surface area contributed by atoms with Gasteiger partial charge in [0, 0.05) is 11.8 Å². The Morgan fingerprint density at radius 2 is 1.75 bits per heavy atom. The Labute approximate surface area is 183 Å². The minimum Gasteiger partial charge on any atom is -0.346 e. The quantitative estimate of drug-likeness (QED) is 0.570. The molecule has 1 aromatic heterocycles. The molecule has 6 nitrogen and oxygen atoms in total. The number of halogens is 4. The first-order valence-electron chi connectivity index (χ1n) is 9.66. The van der Waals surface area contributed by atoms with Crippen LogP contribution in [0, 0.1) is 0 Å². The molecule has 3 rings (SSSR count). The van der Waals surface area contributed by atoms with Crippen LogP contribution in [0.2, 0.25) is 0 Å². The molecule has 0 bridgehead atoms. The molecule has 174 valence electrons. The predicted molar refractivity (Wildman–Crippen MR) is 109 cm³/mol. The normalized spacial score (nSPS) is 20.7. The second-order valence-corrected chi connectivity index (χ2v) is 9.87. The Kier molecular flexibility index (Phi) is 6.89. The molecule has 1 aromatic carbocycles. The van der Waals surface area contributed by atoms with E-state index in [1.807, 2.05) is 0 Å². The molecule has 1 aliphatic rings. The molecule has 0 N–H and O–H groups in total. The third-order valence-corrected chi connectivity index (χ3v) is 6.26. The summed E-state index contributed by atoms with van der Waals surface area (Å²) in [6.07, 6.45) is -2.76. The summed E-state index contributed by atoms with van der Waals surface area (Å²) in [6.45, 7) is 1.81. The highest BCUT2D eigenvalue weighted by atomic mass is 32.2. The Hall–Kier alpha value is -2.53. The van der Waals surface area contributed by atoms with Crippen molar-refractivity contribution in [2.24, 2.45) is 0 Å². The lowest BCUT2D eigenvalue weighted by Crippen LogP contribution is -2.51. The fourth-order valence-corrected chi connectivity index (χ4v) is 4.46. The van der Waals surface area contributed by atoms with Gasteiger partial charge in [0.15, 0.2) is 15.8 Å². The van der Waals surface area contributed by atoms with Gasteiger partial charge in [0.25, 0.3) is 5.91 Å². The fourth-order valence-electron chi connectivity index (χ4n) is 3.76. The van der Waals surface area contributed by atoms with Gasteiger partial charge in [-0.1, -0.05) is 30.3 Å². The highest BCUT2D eigenvalue weighted by molar-refractivity contribution is 7.90. The van der Waals surface area contributed by atoms with Crippen LogP contribution >= 0.6 is 0 Å². The molecular weight excluding hydrogens is 452 g/mol. The molecule has 1 amide bonds. The Balaban J connectivity index is 1.81. The maximum atomic E-state index is 13.8. The van der Waals surface area contributed by atoms with Crippen LogP contribution in [0.4, 0.5) is 17.6 Å². The van der Waals surface area contributed by atoms with Crippen molar-refractivity contribution < 1.29 is 35.5 Å². The molecule has 2 aromatic rings. The first kappa shape index (κ1) is 24.1. The number of ether oxygens (including phenoxy) is 1. The standard InChI is InChI=1S/C21H22F4N2O4S/c1-21(2)27(20(28)19(24)25)17(9-22)18(31-21)14-5-3-13(4-6-14)15-7-8-16(26-10-15)11-32(29,30)12-23/h3-8,10,17-19H,9,11-12H2,1-2H3/t17-,18-/m1/s1. The van der Waals surface area contributed by atoms with Gasteiger partial charge in [0.2, 0.25) is 0 Å². The van der Waals surface area contributed by atoms with E-state index >= 15 is 0 Å². The van der Waals surface area contributed by atoms with Gasteiger partial charge in [-0.3, -0.25) is 9.78 Å². The number of sulfone groups is 1. The van der Waals surface area contributed by atoms with Gasteiger partial charge in [-0.05, 0) is 31.0 Å². The topological polar surface area (TPSA) is 76.6 Å². The van der Waals surface area contributed by atoms with Crippen molar-refractivity contribution in [2.75, 3.05) is 12.7 Å². The van der Waals surface area contributed by atoms with Gasteiger partial charge >= 0.3 is 6.43 Å². The van der Waals surface area contributed by atoms with E-state index in [9.17, 15) is 30.8 Å². The molecule has 1 fully saturated rings. The number of nitrogens with zero attached hydrogens (tertiary/aromatic N) is 2. The van der Waals surface area contributed by atoms with Gasteiger partial charge in [-0.2, -0.15) is 8.78 Å². The lowest BCUT2D eigenvalue weighted by molar-refractivity contribution is -0.159. The first-order valence-corrected chi connectivity index (χ1v) is 11.5. The molecule has 1 aliphatic heterocycles. The smallest absolute Gasteiger partial charge is 0.315 e.